The first-order valence-electron chi connectivity index (χ1n) is 9.01. The van der Waals surface area contributed by atoms with Crippen LogP contribution in [0.3, 0.4) is 0 Å². The minimum Gasteiger partial charge on any atom is -0.450 e. The van der Waals surface area contributed by atoms with Gasteiger partial charge in [0.1, 0.15) is 5.76 Å². The van der Waals surface area contributed by atoms with Crippen LogP contribution in [0, 0.1) is 6.92 Å². The summed E-state index contributed by atoms with van der Waals surface area (Å²) >= 11 is 1.31. The molecule has 2 unspecified atom stereocenters. The first kappa shape index (κ1) is 18.5. The number of carbonyl (C=O) groups is 3. The highest BCUT2D eigenvalue weighted by atomic mass is 32.2. The minimum absolute atomic E-state index is 0.120. The first-order valence-corrected chi connectivity index (χ1v) is 9.82. The summed E-state index contributed by atoms with van der Waals surface area (Å²) in [7, 11) is 0. The van der Waals surface area contributed by atoms with E-state index in [0.29, 0.717) is 17.9 Å². The van der Waals surface area contributed by atoms with Crippen LogP contribution in [-0.2, 0) is 19.1 Å². The minimum atomic E-state index is -1.15. The Bertz CT molecular complexity index is 959. The Labute approximate surface area is 165 Å². The quantitative estimate of drug-likeness (QED) is 0.769. The fourth-order valence-corrected chi connectivity index (χ4v) is 4.85. The van der Waals surface area contributed by atoms with Crippen molar-refractivity contribution in [1.29, 1.82) is 0 Å². The number of nitrogens with one attached hydrogen (secondary N) is 1. The maximum absolute atomic E-state index is 13.1. The van der Waals surface area contributed by atoms with Gasteiger partial charge in [-0.15, -0.1) is 0 Å². The van der Waals surface area contributed by atoms with Gasteiger partial charge in [-0.1, -0.05) is 36.0 Å². The van der Waals surface area contributed by atoms with Crippen molar-refractivity contribution in [3.63, 3.8) is 0 Å². The molecule has 146 valence electrons. The van der Waals surface area contributed by atoms with Gasteiger partial charge >= 0.3 is 5.97 Å². The van der Waals surface area contributed by atoms with Gasteiger partial charge in [0.15, 0.2) is 16.8 Å². The zero-order valence-electron chi connectivity index (χ0n) is 15.4. The normalized spacial score (nSPS) is 21.2. The number of rotatable bonds is 5. The molecule has 1 N–H and O–H groups in total. The molecule has 1 aromatic carbocycles. The number of amides is 2. The monoisotopic (exact) mass is 401 g/mol. The van der Waals surface area contributed by atoms with Crippen molar-refractivity contribution < 1.29 is 23.6 Å². The van der Waals surface area contributed by atoms with Gasteiger partial charge in [-0.2, -0.15) is 0 Å². The van der Waals surface area contributed by atoms with Gasteiger partial charge < -0.3 is 14.6 Å². The van der Waals surface area contributed by atoms with Gasteiger partial charge in [-0.05, 0) is 25.5 Å². The van der Waals surface area contributed by atoms with Crippen molar-refractivity contribution in [2.75, 3.05) is 10.2 Å². The molecular weight excluding hydrogens is 382 g/mol. The van der Waals surface area contributed by atoms with Crippen molar-refractivity contribution in [2.24, 2.45) is 0 Å². The van der Waals surface area contributed by atoms with E-state index in [0.717, 1.165) is 4.90 Å². The van der Waals surface area contributed by atoms with Crippen LogP contribution in [0.25, 0.3) is 0 Å². The molecule has 0 radical (unpaired) electrons. The Kier molecular flexibility index (Phi) is 4.62. The standard InChI is InChI=1S/C19H19N3O5S/c1-3-13(17(24)20-15-10-11(2)27-21-15)26-18(25)19-9-8-16(23)22(19)12-6-4-5-7-14(12)28-19/h4-7,10,13H,3,8-9H2,1-2H3,(H,20,21,24). The number of hydrogen-bond acceptors (Lipinski definition) is 7. The van der Waals surface area contributed by atoms with E-state index < -0.39 is 22.9 Å². The number of aromatic nitrogens is 1. The molecule has 0 bridgehead atoms. The van der Waals surface area contributed by atoms with E-state index in [9.17, 15) is 14.4 Å². The number of nitrogens with zero attached hydrogens (tertiary/aromatic N) is 2. The van der Waals surface area contributed by atoms with Crippen molar-refractivity contribution in [3.8, 4) is 0 Å². The number of ether oxygens (including phenoxy) is 1. The summed E-state index contributed by atoms with van der Waals surface area (Å²) < 4.78 is 10.5. The number of fused-ring (bicyclic) bond motifs is 3. The lowest BCUT2D eigenvalue weighted by atomic mass is 10.2. The third-order valence-corrected chi connectivity index (χ3v) is 6.24. The molecule has 3 heterocycles. The van der Waals surface area contributed by atoms with Gasteiger partial charge in [0.25, 0.3) is 5.91 Å². The molecule has 2 aliphatic heterocycles. The Morgan fingerprint density at radius 2 is 2.21 bits per heavy atom. The number of aryl methyl sites for hydroxylation is 1. The van der Waals surface area contributed by atoms with E-state index in [-0.39, 0.29) is 24.6 Å². The SMILES string of the molecule is CCC(OC(=O)C12CCC(=O)N1c1ccccc1S2)C(=O)Nc1cc(C)on1. The number of anilines is 2. The van der Waals surface area contributed by atoms with Crippen LogP contribution >= 0.6 is 11.8 Å². The van der Waals surface area contributed by atoms with Crippen LogP contribution in [0.5, 0.6) is 0 Å². The van der Waals surface area contributed by atoms with Gasteiger partial charge in [0.2, 0.25) is 5.91 Å². The summed E-state index contributed by atoms with van der Waals surface area (Å²) in [6.45, 7) is 3.46. The second-order valence-electron chi connectivity index (χ2n) is 6.70. The Morgan fingerprint density at radius 3 is 2.93 bits per heavy atom. The molecule has 2 atom stereocenters. The molecule has 1 saturated heterocycles. The summed E-state index contributed by atoms with van der Waals surface area (Å²) in [5.74, 6) is -0.380. The molecule has 0 spiro atoms. The third-order valence-electron chi connectivity index (χ3n) is 4.78. The fraction of sp³-hybridized carbons (Fsp3) is 0.368. The number of hydrogen-bond donors (Lipinski definition) is 1. The van der Waals surface area contributed by atoms with Crippen LogP contribution in [0.15, 0.2) is 39.8 Å². The zero-order chi connectivity index (χ0) is 19.9. The number of thioether (sulfide) groups is 1. The molecule has 8 nitrogen and oxygen atoms in total. The highest BCUT2D eigenvalue weighted by Crippen LogP contribution is 2.56. The average molecular weight is 401 g/mol. The molecule has 1 aromatic heterocycles. The highest BCUT2D eigenvalue weighted by Gasteiger charge is 2.59. The van der Waals surface area contributed by atoms with E-state index in [1.54, 1.807) is 19.9 Å². The number of para-hydroxylation sites is 1. The summed E-state index contributed by atoms with van der Waals surface area (Å²) in [5.41, 5.74) is 0.711. The summed E-state index contributed by atoms with van der Waals surface area (Å²) in [5, 5.41) is 6.30. The third kappa shape index (κ3) is 2.95. The predicted molar refractivity (Wildman–Crippen MR) is 102 cm³/mol. The molecule has 4 rings (SSSR count). The molecule has 2 aromatic rings. The maximum Gasteiger partial charge on any atom is 0.344 e. The van der Waals surface area contributed by atoms with Crippen LogP contribution in [0.2, 0.25) is 0 Å². The van der Waals surface area contributed by atoms with Gasteiger partial charge in [0, 0.05) is 23.8 Å². The van der Waals surface area contributed by atoms with Crippen LogP contribution in [0.4, 0.5) is 11.5 Å². The fourth-order valence-electron chi connectivity index (χ4n) is 3.45. The lowest BCUT2D eigenvalue weighted by molar-refractivity contribution is -0.156. The van der Waals surface area contributed by atoms with E-state index >= 15 is 0 Å². The molecule has 0 aliphatic carbocycles. The van der Waals surface area contributed by atoms with Crippen LogP contribution < -0.4 is 10.2 Å². The highest BCUT2D eigenvalue weighted by molar-refractivity contribution is 8.02. The molecule has 2 amide bonds. The zero-order valence-corrected chi connectivity index (χ0v) is 16.2. The van der Waals surface area contributed by atoms with Gasteiger partial charge in [-0.25, -0.2) is 4.79 Å². The lowest BCUT2D eigenvalue weighted by Gasteiger charge is -2.30. The van der Waals surface area contributed by atoms with Crippen molar-refractivity contribution in [2.45, 2.75) is 49.0 Å². The second-order valence-corrected chi connectivity index (χ2v) is 8.02. The van der Waals surface area contributed by atoms with Crippen LogP contribution in [-0.4, -0.2) is 33.9 Å². The molecule has 2 aliphatic rings. The van der Waals surface area contributed by atoms with E-state index in [1.807, 2.05) is 24.3 Å². The van der Waals surface area contributed by atoms with Crippen LogP contribution in [0.1, 0.15) is 31.9 Å². The van der Waals surface area contributed by atoms with Crippen molar-refractivity contribution in [1.82, 2.24) is 5.16 Å². The number of carbonyl (C=O) groups excluding carboxylic acids is 3. The summed E-state index contributed by atoms with van der Waals surface area (Å²) in [6.07, 6.45) is -0.112. The lowest BCUT2D eigenvalue weighted by Crippen LogP contribution is -2.49. The second kappa shape index (κ2) is 6.97. The van der Waals surface area contributed by atoms with Crippen molar-refractivity contribution in [3.05, 3.63) is 36.1 Å². The molecule has 28 heavy (non-hydrogen) atoms. The van der Waals surface area contributed by atoms with E-state index in [4.69, 9.17) is 9.26 Å². The average Bonchev–Trinajstić information content (AvgIpc) is 3.33. The van der Waals surface area contributed by atoms with Gasteiger partial charge in [-0.3, -0.25) is 14.5 Å². The summed E-state index contributed by atoms with van der Waals surface area (Å²) in [6, 6.07) is 8.95. The Balaban J connectivity index is 1.53. The Morgan fingerprint density at radius 1 is 1.43 bits per heavy atom. The largest absolute Gasteiger partial charge is 0.450 e. The number of esters is 1. The number of benzene rings is 1. The topological polar surface area (TPSA) is 102 Å². The Hall–Kier alpha value is -2.81. The maximum atomic E-state index is 13.1. The molecule has 9 heteroatoms. The molecule has 0 saturated carbocycles. The predicted octanol–water partition coefficient (Wildman–Crippen LogP) is 2.87. The first-order chi connectivity index (χ1) is 13.4. The van der Waals surface area contributed by atoms with E-state index in [1.165, 1.54) is 16.7 Å². The van der Waals surface area contributed by atoms with Crippen molar-refractivity contribution >= 4 is 41.1 Å². The molecule has 1 fully saturated rings. The van der Waals surface area contributed by atoms with E-state index in [2.05, 4.69) is 10.5 Å². The molecular formula is C19H19N3O5S. The summed E-state index contributed by atoms with van der Waals surface area (Å²) in [4.78, 5) is 39.3. The smallest absolute Gasteiger partial charge is 0.344 e. The van der Waals surface area contributed by atoms with Gasteiger partial charge in [0.05, 0.1) is 5.69 Å².